The van der Waals surface area contributed by atoms with Gasteiger partial charge >= 0.3 is 0 Å². The molecular weight excluding hydrogens is 370 g/mol. The van der Waals surface area contributed by atoms with E-state index in [0.29, 0.717) is 23.5 Å². The van der Waals surface area contributed by atoms with Gasteiger partial charge in [0.25, 0.3) is 11.7 Å². The number of hydrogen-bond donors (Lipinski definition) is 1. The highest BCUT2D eigenvalue weighted by Crippen LogP contribution is 2.40. The maximum Gasteiger partial charge on any atom is 0.295 e. The number of methoxy groups -OCH3 is 1. The largest absolute Gasteiger partial charge is 0.507 e. The summed E-state index contributed by atoms with van der Waals surface area (Å²) in [5, 5.41) is 10.9. The van der Waals surface area contributed by atoms with E-state index in [9.17, 15) is 14.7 Å². The maximum atomic E-state index is 12.8. The Morgan fingerprint density at radius 3 is 2.62 bits per heavy atom. The summed E-state index contributed by atoms with van der Waals surface area (Å²) >= 11 is 0. The molecule has 0 bridgehead atoms. The molecule has 0 saturated carbocycles. The Bertz CT molecular complexity index is 935. The molecule has 1 amide bonds. The van der Waals surface area contributed by atoms with Gasteiger partial charge in [-0.3, -0.25) is 9.59 Å². The highest BCUT2D eigenvalue weighted by atomic mass is 16.5. The van der Waals surface area contributed by atoms with Crippen LogP contribution in [-0.4, -0.2) is 48.6 Å². The number of ketones is 1. The van der Waals surface area contributed by atoms with E-state index >= 15 is 0 Å². The Morgan fingerprint density at radius 1 is 1.17 bits per heavy atom. The third-order valence-electron chi connectivity index (χ3n) is 4.67. The van der Waals surface area contributed by atoms with Crippen LogP contribution < -0.4 is 4.74 Å². The molecule has 0 aromatic heterocycles. The molecule has 3 rings (SSSR count). The molecule has 1 heterocycles. The molecule has 1 N–H and O–H groups in total. The number of amides is 1. The quantitative estimate of drug-likeness (QED) is 0.322. The van der Waals surface area contributed by atoms with Gasteiger partial charge in [-0.15, -0.1) is 0 Å². The Balaban J connectivity index is 2.12. The Kier molecular flexibility index (Phi) is 6.46. The number of aliphatic hydroxyl groups is 1. The van der Waals surface area contributed by atoms with Gasteiger partial charge < -0.3 is 19.5 Å². The van der Waals surface area contributed by atoms with Crippen molar-refractivity contribution in [3.8, 4) is 5.75 Å². The van der Waals surface area contributed by atoms with Gasteiger partial charge in [0.1, 0.15) is 18.1 Å². The third kappa shape index (κ3) is 4.22. The van der Waals surface area contributed by atoms with Crippen LogP contribution in [0.15, 0.2) is 72.8 Å². The molecular formula is C23H23NO5. The van der Waals surface area contributed by atoms with Crippen LogP contribution in [0.3, 0.4) is 0 Å². The third-order valence-corrected chi connectivity index (χ3v) is 4.67. The van der Waals surface area contributed by atoms with Gasteiger partial charge in [-0.25, -0.2) is 0 Å². The van der Waals surface area contributed by atoms with Gasteiger partial charge in [-0.1, -0.05) is 55.1 Å². The summed E-state index contributed by atoms with van der Waals surface area (Å²) < 4.78 is 10.7. The number of carbonyl (C=O) groups is 2. The molecule has 0 radical (unpaired) electrons. The second-order valence-corrected chi connectivity index (χ2v) is 6.52. The number of aliphatic hydroxyl groups excluding tert-OH is 1. The lowest BCUT2D eigenvalue weighted by Crippen LogP contribution is -2.32. The van der Waals surface area contributed by atoms with Gasteiger partial charge in [0.05, 0.1) is 18.2 Å². The lowest BCUT2D eigenvalue weighted by Gasteiger charge is -2.25. The summed E-state index contributed by atoms with van der Waals surface area (Å²) in [6.07, 6.45) is 1.63. The summed E-state index contributed by atoms with van der Waals surface area (Å²) in [6, 6.07) is 15.1. The summed E-state index contributed by atoms with van der Waals surface area (Å²) in [6.45, 7) is 4.45. The molecule has 1 saturated heterocycles. The zero-order chi connectivity index (χ0) is 20.8. The number of rotatable bonds is 8. The standard InChI is InChI=1S/C23H23NO5/c1-3-13-29-18-11-7-10-17(15-18)20-19(21(25)16-8-5-4-6-9-16)22(26)23(27)24(20)12-14-28-2/h3-11,15,20,25H,1,12-14H2,2H3/b21-19+. The molecule has 6 nitrogen and oxygen atoms in total. The van der Waals surface area contributed by atoms with Crippen LogP contribution in [-0.2, 0) is 14.3 Å². The first kappa shape index (κ1) is 20.4. The van der Waals surface area contributed by atoms with Gasteiger partial charge in [0.2, 0.25) is 0 Å². The zero-order valence-electron chi connectivity index (χ0n) is 16.2. The molecule has 0 spiro atoms. The topological polar surface area (TPSA) is 76.1 Å². The van der Waals surface area contributed by atoms with Crippen LogP contribution >= 0.6 is 0 Å². The van der Waals surface area contributed by atoms with Crippen molar-refractivity contribution < 1.29 is 24.2 Å². The van der Waals surface area contributed by atoms with Crippen LogP contribution in [0.4, 0.5) is 0 Å². The van der Waals surface area contributed by atoms with Crippen LogP contribution in [0, 0.1) is 0 Å². The van der Waals surface area contributed by atoms with Gasteiger partial charge in [0.15, 0.2) is 0 Å². The molecule has 2 aromatic rings. The van der Waals surface area contributed by atoms with Crippen molar-refractivity contribution in [3.05, 3.63) is 84.0 Å². The lowest BCUT2D eigenvalue weighted by molar-refractivity contribution is -0.140. The highest BCUT2D eigenvalue weighted by molar-refractivity contribution is 6.46. The number of nitrogens with zero attached hydrogens (tertiary/aromatic N) is 1. The fourth-order valence-corrected chi connectivity index (χ4v) is 3.33. The van der Waals surface area contributed by atoms with Crippen molar-refractivity contribution in [3.63, 3.8) is 0 Å². The molecule has 1 aliphatic rings. The van der Waals surface area contributed by atoms with E-state index in [-0.39, 0.29) is 24.5 Å². The van der Waals surface area contributed by atoms with Gasteiger partial charge in [-0.2, -0.15) is 0 Å². The van der Waals surface area contributed by atoms with Crippen LogP contribution in [0.1, 0.15) is 17.2 Å². The van der Waals surface area contributed by atoms with Gasteiger partial charge in [0, 0.05) is 19.2 Å². The Hall–Kier alpha value is -3.38. The lowest BCUT2D eigenvalue weighted by atomic mass is 9.95. The summed E-state index contributed by atoms with van der Waals surface area (Å²) in [7, 11) is 1.53. The van der Waals surface area contributed by atoms with Crippen molar-refractivity contribution in [2.24, 2.45) is 0 Å². The summed E-state index contributed by atoms with van der Waals surface area (Å²) in [4.78, 5) is 27.0. The molecule has 2 aromatic carbocycles. The van der Waals surface area contributed by atoms with Gasteiger partial charge in [-0.05, 0) is 17.7 Å². The number of likely N-dealkylation sites (tertiary alicyclic amines) is 1. The second kappa shape index (κ2) is 9.21. The molecule has 0 aliphatic carbocycles. The average Bonchev–Trinajstić information content (AvgIpc) is 3.01. The van der Waals surface area contributed by atoms with Crippen molar-refractivity contribution in [1.82, 2.24) is 4.90 Å². The Labute approximate surface area is 169 Å². The molecule has 29 heavy (non-hydrogen) atoms. The summed E-state index contributed by atoms with van der Waals surface area (Å²) in [5.41, 5.74) is 1.19. The van der Waals surface area contributed by atoms with E-state index < -0.39 is 17.7 Å². The van der Waals surface area contributed by atoms with E-state index in [4.69, 9.17) is 9.47 Å². The molecule has 1 fully saturated rings. The van der Waals surface area contributed by atoms with Crippen molar-refractivity contribution in [2.75, 3.05) is 26.9 Å². The van der Waals surface area contributed by atoms with E-state index in [0.717, 1.165) is 0 Å². The van der Waals surface area contributed by atoms with Crippen molar-refractivity contribution in [1.29, 1.82) is 0 Å². The number of hydrogen-bond acceptors (Lipinski definition) is 5. The van der Waals surface area contributed by atoms with E-state index in [2.05, 4.69) is 6.58 Å². The van der Waals surface area contributed by atoms with Crippen molar-refractivity contribution >= 4 is 17.4 Å². The molecule has 1 unspecified atom stereocenters. The predicted octanol–water partition coefficient (Wildman–Crippen LogP) is 3.32. The monoisotopic (exact) mass is 393 g/mol. The van der Waals surface area contributed by atoms with Crippen LogP contribution in [0.25, 0.3) is 5.76 Å². The first-order chi connectivity index (χ1) is 14.1. The first-order valence-electron chi connectivity index (χ1n) is 9.25. The zero-order valence-corrected chi connectivity index (χ0v) is 16.2. The number of benzene rings is 2. The van der Waals surface area contributed by atoms with Crippen LogP contribution in [0.2, 0.25) is 0 Å². The average molecular weight is 393 g/mol. The fraction of sp³-hybridized carbons (Fsp3) is 0.217. The molecule has 1 aliphatic heterocycles. The number of carbonyl (C=O) groups excluding carboxylic acids is 2. The van der Waals surface area contributed by atoms with E-state index in [1.165, 1.54) is 12.0 Å². The minimum absolute atomic E-state index is 0.0539. The smallest absolute Gasteiger partial charge is 0.295 e. The van der Waals surface area contributed by atoms with Crippen molar-refractivity contribution in [2.45, 2.75) is 6.04 Å². The maximum absolute atomic E-state index is 12.8. The second-order valence-electron chi connectivity index (χ2n) is 6.52. The first-order valence-corrected chi connectivity index (χ1v) is 9.25. The van der Waals surface area contributed by atoms with E-state index in [1.807, 2.05) is 6.07 Å². The molecule has 1 atom stereocenters. The number of ether oxygens (including phenoxy) is 2. The minimum Gasteiger partial charge on any atom is -0.507 e. The molecule has 150 valence electrons. The molecule has 6 heteroatoms. The SMILES string of the molecule is C=CCOc1cccc(C2/C(=C(\O)c3ccccc3)C(=O)C(=O)N2CCOC)c1. The minimum atomic E-state index is -0.738. The fourth-order valence-electron chi connectivity index (χ4n) is 3.33. The predicted molar refractivity (Wildman–Crippen MR) is 109 cm³/mol. The number of Topliss-reactive ketones (excluding diaryl/α,β-unsaturated/α-hetero) is 1. The van der Waals surface area contributed by atoms with Crippen LogP contribution in [0.5, 0.6) is 5.75 Å². The highest BCUT2D eigenvalue weighted by Gasteiger charge is 2.45. The van der Waals surface area contributed by atoms with E-state index in [1.54, 1.807) is 54.6 Å². The Morgan fingerprint density at radius 2 is 1.93 bits per heavy atom. The normalized spacial score (nSPS) is 18.1. The summed E-state index contributed by atoms with van der Waals surface area (Å²) in [5.74, 6) is -1.00.